The maximum absolute atomic E-state index is 4.64. The number of piperidine rings is 1. The monoisotopic (exact) mass is 283 g/mol. The molecule has 0 aliphatic carbocycles. The highest BCUT2D eigenvalue weighted by Crippen LogP contribution is 2.18. The molecule has 0 saturated carbocycles. The van der Waals surface area contributed by atoms with Crippen molar-refractivity contribution in [3.8, 4) is 0 Å². The van der Waals surface area contributed by atoms with Crippen molar-refractivity contribution in [3.05, 3.63) is 42.0 Å². The van der Waals surface area contributed by atoms with Crippen LogP contribution in [0.3, 0.4) is 0 Å². The third-order valence-corrected chi connectivity index (χ3v) is 3.75. The molecular weight excluding hydrogens is 262 g/mol. The third kappa shape index (κ3) is 3.98. The topological polar surface area (TPSA) is 62.7 Å². The molecule has 1 aliphatic heterocycles. The Hall–Kier alpha value is -2.01. The van der Waals surface area contributed by atoms with Gasteiger partial charge in [0.25, 0.3) is 0 Å². The summed E-state index contributed by atoms with van der Waals surface area (Å²) in [6.07, 6.45) is 5.15. The Morgan fingerprint density at radius 3 is 2.81 bits per heavy atom. The highest BCUT2D eigenvalue weighted by molar-refractivity contribution is 5.51. The van der Waals surface area contributed by atoms with Crippen LogP contribution in [-0.2, 0) is 6.42 Å². The number of aryl methyl sites for hydroxylation is 1. The molecule has 0 aromatic carbocycles. The predicted octanol–water partition coefficient (Wildman–Crippen LogP) is 2.47. The maximum atomic E-state index is 4.64. The van der Waals surface area contributed by atoms with Gasteiger partial charge in [0.1, 0.15) is 17.5 Å². The lowest BCUT2D eigenvalue weighted by Gasteiger charge is -2.22. The first-order valence-electron chi connectivity index (χ1n) is 7.53. The van der Waals surface area contributed by atoms with Crippen LogP contribution in [0.25, 0.3) is 0 Å². The van der Waals surface area contributed by atoms with Crippen LogP contribution in [0.5, 0.6) is 0 Å². The summed E-state index contributed by atoms with van der Waals surface area (Å²) < 4.78 is 0. The Labute approximate surface area is 125 Å². The largest absolute Gasteiger partial charge is 0.325 e. The minimum atomic E-state index is 0.691. The summed E-state index contributed by atoms with van der Waals surface area (Å²) in [5, 5.41) is 6.64. The molecule has 0 atom stereocenters. The number of nitrogens with zero attached hydrogens (tertiary/aromatic N) is 3. The Bertz CT molecular complexity index is 578. The first-order chi connectivity index (χ1) is 10.3. The Balaban J connectivity index is 1.73. The van der Waals surface area contributed by atoms with Gasteiger partial charge in [-0.3, -0.25) is 0 Å². The van der Waals surface area contributed by atoms with Gasteiger partial charge in [-0.2, -0.15) is 0 Å². The van der Waals surface area contributed by atoms with Crippen molar-refractivity contribution >= 4 is 11.6 Å². The second kappa shape index (κ2) is 6.63. The number of hydrogen-bond acceptors (Lipinski definition) is 5. The van der Waals surface area contributed by atoms with E-state index in [1.807, 2.05) is 31.2 Å². The second-order valence-electron chi connectivity index (χ2n) is 5.55. The molecule has 3 rings (SSSR count). The van der Waals surface area contributed by atoms with Gasteiger partial charge in [0.05, 0.1) is 0 Å². The van der Waals surface area contributed by atoms with E-state index in [1.165, 1.54) is 12.8 Å². The number of nitrogens with one attached hydrogen (secondary N) is 2. The van der Waals surface area contributed by atoms with Crippen molar-refractivity contribution in [2.75, 3.05) is 18.4 Å². The van der Waals surface area contributed by atoms with E-state index in [1.54, 1.807) is 6.20 Å². The first kappa shape index (κ1) is 13.9. The maximum Gasteiger partial charge on any atom is 0.135 e. The van der Waals surface area contributed by atoms with Crippen LogP contribution in [-0.4, -0.2) is 28.0 Å². The zero-order valence-electron chi connectivity index (χ0n) is 12.3. The molecule has 21 heavy (non-hydrogen) atoms. The summed E-state index contributed by atoms with van der Waals surface area (Å²) >= 11 is 0. The van der Waals surface area contributed by atoms with E-state index in [9.17, 15) is 0 Å². The van der Waals surface area contributed by atoms with Crippen molar-refractivity contribution < 1.29 is 0 Å². The molecule has 5 heteroatoms. The van der Waals surface area contributed by atoms with E-state index in [-0.39, 0.29) is 0 Å². The van der Waals surface area contributed by atoms with Gasteiger partial charge >= 0.3 is 0 Å². The fourth-order valence-electron chi connectivity index (χ4n) is 2.70. The average molecular weight is 283 g/mol. The van der Waals surface area contributed by atoms with Crippen molar-refractivity contribution in [1.29, 1.82) is 0 Å². The first-order valence-corrected chi connectivity index (χ1v) is 7.53. The summed E-state index contributed by atoms with van der Waals surface area (Å²) in [5.74, 6) is 3.25. The van der Waals surface area contributed by atoms with Crippen molar-refractivity contribution in [3.63, 3.8) is 0 Å². The molecule has 1 fully saturated rings. The zero-order chi connectivity index (χ0) is 14.5. The number of pyridine rings is 1. The number of hydrogen-bond donors (Lipinski definition) is 2. The average Bonchev–Trinajstić information content (AvgIpc) is 2.48. The molecule has 2 N–H and O–H groups in total. The van der Waals surface area contributed by atoms with E-state index in [2.05, 4.69) is 25.6 Å². The SMILES string of the molecule is Cc1cc(Nc2ccccn2)nc(CC2CCNCC2)n1. The van der Waals surface area contributed by atoms with E-state index in [0.717, 1.165) is 42.7 Å². The number of rotatable bonds is 4. The molecule has 1 saturated heterocycles. The normalized spacial score (nSPS) is 15.9. The highest BCUT2D eigenvalue weighted by atomic mass is 15.1. The van der Waals surface area contributed by atoms with Gasteiger partial charge < -0.3 is 10.6 Å². The van der Waals surface area contributed by atoms with E-state index in [0.29, 0.717) is 5.92 Å². The minimum absolute atomic E-state index is 0.691. The van der Waals surface area contributed by atoms with Gasteiger partial charge in [0, 0.05) is 24.4 Å². The van der Waals surface area contributed by atoms with Crippen LogP contribution in [0.1, 0.15) is 24.4 Å². The summed E-state index contributed by atoms with van der Waals surface area (Å²) in [6.45, 7) is 4.22. The smallest absolute Gasteiger partial charge is 0.135 e. The standard InChI is InChI=1S/C16H21N5/c1-12-10-15(20-14-4-2-3-7-18-14)21-16(19-12)11-13-5-8-17-9-6-13/h2-4,7,10,13,17H,5-6,8-9,11H2,1H3,(H,18,19,20,21). The Kier molecular flexibility index (Phi) is 4.40. The molecular formula is C16H21N5. The molecule has 0 bridgehead atoms. The second-order valence-corrected chi connectivity index (χ2v) is 5.55. The van der Waals surface area contributed by atoms with Gasteiger partial charge in [-0.1, -0.05) is 6.07 Å². The fraction of sp³-hybridized carbons (Fsp3) is 0.438. The summed E-state index contributed by atoms with van der Waals surface area (Å²) in [5.41, 5.74) is 0.993. The lowest BCUT2D eigenvalue weighted by molar-refractivity contribution is 0.367. The van der Waals surface area contributed by atoms with E-state index in [4.69, 9.17) is 0 Å². The van der Waals surface area contributed by atoms with Crippen LogP contribution in [0.2, 0.25) is 0 Å². The van der Waals surface area contributed by atoms with Crippen LogP contribution in [0.15, 0.2) is 30.5 Å². The molecule has 3 heterocycles. The molecule has 110 valence electrons. The summed E-state index contributed by atoms with van der Waals surface area (Å²) in [6, 6.07) is 7.75. The molecule has 0 unspecified atom stereocenters. The lowest BCUT2D eigenvalue weighted by Crippen LogP contribution is -2.29. The van der Waals surface area contributed by atoms with Gasteiger partial charge in [-0.25, -0.2) is 15.0 Å². The van der Waals surface area contributed by atoms with Crippen molar-refractivity contribution in [2.24, 2.45) is 5.92 Å². The number of aromatic nitrogens is 3. The van der Waals surface area contributed by atoms with Crippen molar-refractivity contribution in [1.82, 2.24) is 20.3 Å². The molecule has 0 spiro atoms. The Morgan fingerprint density at radius 2 is 2.05 bits per heavy atom. The van der Waals surface area contributed by atoms with Crippen molar-refractivity contribution in [2.45, 2.75) is 26.2 Å². The van der Waals surface area contributed by atoms with Gasteiger partial charge in [0.15, 0.2) is 0 Å². The zero-order valence-corrected chi connectivity index (χ0v) is 12.3. The van der Waals surface area contributed by atoms with E-state index < -0.39 is 0 Å². The fourth-order valence-corrected chi connectivity index (χ4v) is 2.70. The van der Waals surface area contributed by atoms with Gasteiger partial charge in [0.2, 0.25) is 0 Å². The molecule has 1 aliphatic rings. The third-order valence-electron chi connectivity index (χ3n) is 3.75. The van der Waals surface area contributed by atoms with Crippen LogP contribution >= 0.6 is 0 Å². The summed E-state index contributed by atoms with van der Waals surface area (Å²) in [7, 11) is 0. The predicted molar refractivity (Wildman–Crippen MR) is 83.6 cm³/mol. The molecule has 5 nitrogen and oxygen atoms in total. The highest BCUT2D eigenvalue weighted by Gasteiger charge is 2.15. The van der Waals surface area contributed by atoms with E-state index >= 15 is 0 Å². The quantitative estimate of drug-likeness (QED) is 0.902. The lowest BCUT2D eigenvalue weighted by atomic mass is 9.94. The summed E-state index contributed by atoms with van der Waals surface area (Å²) in [4.78, 5) is 13.5. The van der Waals surface area contributed by atoms with Crippen LogP contribution < -0.4 is 10.6 Å². The molecule has 2 aromatic rings. The molecule has 0 radical (unpaired) electrons. The molecule has 0 amide bonds. The van der Waals surface area contributed by atoms with Crippen LogP contribution in [0, 0.1) is 12.8 Å². The minimum Gasteiger partial charge on any atom is -0.325 e. The molecule has 2 aromatic heterocycles. The van der Waals surface area contributed by atoms with Gasteiger partial charge in [-0.15, -0.1) is 0 Å². The van der Waals surface area contributed by atoms with Gasteiger partial charge in [-0.05, 0) is 50.9 Å². The number of anilines is 2. The van der Waals surface area contributed by atoms with Crippen LogP contribution in [0.4, 0.5) is 11.6 Å². The Morgan fingerprint density at radius 1 is 1.19 bits per heavy atom.